The molecule has 0 amide bonds. The van der Waals surface area contributed by atoms with Crippen LogP contribution in [0.15, 0.2) is 36.7 Å². The number of aromatic nitrogens is 2. The van der Waals surface area contributed by atoms with Crippen LogP contribution < -0.4 is 5.32 Å². The molecule has 0 fully saturated rings. The Bertz CT molecular complexity index is 493. The van der Waals surface area contributed by atoms with Gasteiger partial charge in [-0.1, -0.05) is 25.1 Å². The smallest absolute Gasteiger partial charge is 0.120 e. The van der Waals surface area contributed by atoms with Gasteiger partial charge in [0.05, 0.1) is 6.20 Å². The minimum absolute atomic E-state index is 0.340. The predicted octanol–water partition coefficient (Wildman–Crippen LogP) is 2.29. The molecule has 96 valence electrons. The standard InChI is InChI=1S/C14H19N3O/c1-2-7-17-11-12(9-16-17)8-15-10-13-5-3-4-6-14(13)18/h3-6,9,11,15,18H,2,7-8,10H2,1H3. The van der Waals surface area contributed by atoms with Crippen molar-refractivity contribution in [2.24, 2.45) is 0 Å². The van der Waals surface area contributed by atoms with Crippen molar-refractivity contribution >= 4 is 0 Å². The van der Waals surface area contributed by atoms with E-state index in [4.69, 9.17) is 0 Å². The van der Waals surface area contributed by atoms with Crippen molar-refractivity contribution in [1.82, 2.24) is 15.1 Å². The number of nitrogens with zero attached hydrogens (tertiary/aromatic N) is 2. The zero-order chi connectivity index (χ0) is 12.8. The highest BCUT2D eigenvalue weighted by molar-refractivity contribution is 5.31. The average molecular weight is 245 g/mol. The van der Waals surface area contributed by atoms with Gasteiger partial charge in [-0.05, 0) is 12.5 Å². The number of phenols is 1. The summed E-state index contributed by atoms with van der Waals surface area (Å²) < 4.78 is 1.96. The third kappa shape index (κ3) is 3.34. The van der Waals surface area contributed by atoms with Gasteiger partial charge in [-0.3, -0.25) is 4.68 Å². The number of rotatable bonds is 6. The fourth-order valence-electron chi connectivity index (χ4n) is 1.85. The summed E-state index contributed by atoms with van der Waals surface area (Å²) in [6, 6.07) is 7.38. The van der Waals surface area contributed by atoms with E-state index in [9.17, 15) is 5.11 Å². The lowest BCUT2D eigenvalue weighted by Gasteiger charge is -2.05. The zero-order valence-corrected chi connectivity index (χ0v) is 10.6. The van der Waals surface area contributed by atoms with Crippen LogP contribution in [-0.2, 0) is 19.6 Å². The summed E-state index contributed by atoms with van der Waals surface area (Å²) >= 11 is 0. The summed E-state index contributed by atoms with van der Waals surface area (Å²) in [5.41, 5.74) is 2.08. The Kier molecular flexibility index (Phi) is 4.36. The molecule has 0 unspecified atom stereocenters. The molecule has 0 saturated carbocycles. The highest BCUT2D eigenvalue weighted by Gasteiger charge is 2.00. The van der Waals surface area contributed by atoms with Gasteiger partial charge in [0, 0.05) is 37.0 Å². The van der Waals surface area contributed by atoms with E-state index in [1.54, 1.807) is 6.07 Å². The monoisotopic (exact) mass is 245 g/mol. The number of phenolic OH excluding ortho intramolecular Hbond substituents is 1. The molecule has 2 N–H and O–H groups in total. The van der Waals surface area contributed by atoms with Gasteiger partial charge in [0.15, 0.2) is 0 Å². The minimum atomic E-state index is 0.340. The van der Waals surface area contributed by atoms with Crippen molar-refractivity contribution in [3.63, 3.8) is 0 Å². The summed E-state index contributed by atoms with van der Waals surface area (Å²) in [6.07, 6.45) is 5.03. The summed E-state index contributed by atoms with van der Waals surface area (Å²) in [7, 11) is 0. The molecular formula is C14H19N3O. The molecule has 18 heavy (non-hydrogen) atoms. The maximum absolute atomic E-state index is 9.63. The SMILES string of the molecule is CCCn1cc(CNCc2ccccc2O)cn1. The molecule has 0 radical (unpaired) electrons. The average Bonchev–Trinajstić information content (AvgIpc) is 2.80. The van der Waals surface area contributed by atoms with Crippen molar-refractivity contribution in [3.8, 4) is 5.75 Å². The molecule has 4 nitrogen and oxygen atoms in total. The van der Waals surface area contributed by atoms with Gasteiger partial charge < -0.3 is 10.4 Å². The second-order valence-corrected chi connectivity index (χ2v) is 4.34. The summed E-state index contributed by atoms with van der Waals surface area (Å²) in [5.74, 6) is 0.340. The largest absolute Gasteiger partial charge is 0.508 e. The number of aromatic hydroxyl groups is 1. The van der Waals surface area contributed by atoms with Crippen LogP contribution in [0, 0.1) is 0 Å². The Morgan fingerprint density at radius 1 is 1.28 bits per heavy atom. The van der Waals surface area contributed by atoms with E-state index in [1.165, 1.54) is 5.56 Å². The van der Waals surface area contributed by atoms with Gasteiger partial charge in [0.2, 0.25) is 0 Å². The first-order chi connectivity index (χ1) is 8.79. The normalized spacial score (nSPS) is 10.7. The van der Waals surface area contributed by atoms with E-state index >= 15 is 0 Å². The lowest BCUT2D eigenvalue weighted by molar-refractivity contribution is 0.464. The Morgan fingerprint density at radius 3 is 2.89 bits per heavy atom. The van der Waals surface area contributed by atoms with Gasteiger partial charge in [-0.2, -0.15) is 5.10 Å². The molecule has 0 aliphatic carbocycles. The molecule has 2 rings (SSSR count). The number of hydrogen-bond acceptors (Lipinski definition) is 3. The highest BCUT2D eigenvalue weighted by Crippen LogP contribution is 2.14. The molecule has 1 aromatic heterocycles. The minimum Gasteiger partial charge on any atom is -0.508 e. The zero-order valence-electron chi connectivity index (χ0n) is 10.6. The predicted molar refractivity (Wildman–Crippen MR) is 71.2 cm³/mol. The third-order valence-electron chi connectivity index (χ3n) is 2.78. The number of aryl methyl sites for hydroxylation is 1. The molecule has 0 atom stereocenters. The van der Waals surface area contributed by atoms with E-state index in [-0.39, 0.29) is 0 Å². The van der Waals surface area contributed by atoms with Crippen LogP contribution in [-0.4, -0.2) is 14.9 Å². The Morgan fingerprint density at radius 2 is 2.11 bits per heavy atom. The van der Waals surface area contributed by atoms with Crippen molar-refractivity contribution in [1.29, 1.82) is 0 Å². The quantitative estimate of drug-likeness (QED) is 0.821. The molecule has 0 spiro atoms. The molecular weight excluding hydrogens is 226 g/mol. The topological polar surface area (TPSA) is 50.1 Å². The first-order valence-corrected chi connectivity index (χ1v) is 6.28. The summed E-state index contributed by atoms with van der Waals surface area (Å²) in [6.45, 7) is 4.51. The van der Waals surface area contributed by atoms with Crippen LogP contribution in [0.25, 0.3) is 0 Å². The number of para-hydroxylation sites is 1. The van der Waals surface area contributed by atoms with Crippen molar-refractivity contribution in [2.45, 2.75) is 33.0 Å². The van der Waals surface area contributed by atoms with Crippen LogP contribution in [0.3, 0.4) is 0 Å². The van der Waals surface area contributed by atoms with Gasteiger partial charge >= 0.3 is 0 Å². The van der Waals surface area contributed by atoms with Gasteiger partial charge in [-0.15, -0.1) is 0 Å². The van der Waals surface area contributed by atoms with E-state index in [1.807, 2.05) is 29.1 Å². The number of nitrogens with one attached hydrogen (secondary N) is 1. The second kappa shape index (κ2) is 6.21. The van der Waals surface area contributed by atoms with E-state index in [0.29, 0.717) is 12.3 Å². The lowest BCUT2D eigenvalue weighted by atomic mass is 10.2. The summed E-state index contributed by atoms with van der Waals surface area (Å²) in [5, 5.41) is 17.2. The highest BCUT2D eigenvalue weighted by atomic mass is 16.3. The Labute approximate surface area is 107 Å². The molecule has 4 heteroatoms. The Balaban J connectivity index is 1.83. The first kappa shape index (κ1) is 12.6. The van der Waals surface area contributed by atoms with Crippen LogP contribution in [0.5, 0.6) is 5.75 Å². The lowest BCUT2D eigenvalue weighted by Crippen LogP contribution is -2.12. The fourth-order valence-corrected chi connectivity index (χ4v) is 1.85. The number of benzene rings is 1. The number of hydrogen-bond donors (Lipinski definition) is 2. The fraction of sp³-hybridized carbons (Fsp3) is 0.357. The maximum Gasteiger partial charge on any atom is 0.120 e. The maximum atomic E-state index is 9.63. The Hall–Kier alpha value is -1.81. The van der Waals surface area contributed by atoms with Crippen LogP contribution in [0.1, 0.15) is 24.5 Å². The van der Waals surface area contributed by atoms with Crippen molar-refractivity contribution in [3.05, 3.63) is 47.8 Å². The van der Waals surface area contributed by atoms with E-state index in [2.05, 4.69) is 23.5 Å². The van der Waals surface area contributed by atoms with Crippen LogP contribution in [0.2, 0.25) is 0 Å². The molecule has 0 aliphatic heterocycles. The van der Waals surface area contributed by atoms with Gasteiger partial charge in [-0.25, -0.2) is 0 Å². The van der Waals surface area contributed by atoms with Crippen LogP contribution >= 0.6 is 0 Å². The first-order valence-electron chi connectivity index (χ1n) is 6.28. The van der Waals surface area contributed by atoms with Gasteiger partial charge in [0.1, 0.15) is 5.75 Å². The molecule has 0 saturated heterocycles. The molecule has 1 aromatic carbocycles. The van der Waals surface area contributed by atoms with E-state index in [0.717, 1.165) is 25.1 Å². The molecule has 0 bridgehead atoms. The third-order valence-corrected chi connectivity index (χ3v) is 2.78. The molecule has 2 aromatic rings. The van der Waals surface area contributed by atoms with E-state index < -0.39 is 0 Å². The van der Waals surface area contributed by atoms with Gasteiger partial charge in [0.25, 0.3) is 0 Å². The summed E-state index contributed by atoms with van der Waals surface area (Å²) in [4.78, 5) is 0. The second-order valence-electron chi connectivity index (χ2n) is 4.34. The molecule has 1 heterocycles. The molecule has 0 aliphatic rings. The van der Waals surface area contributed by atoms with Crippen molar-refractivity contribution < 1.29 is 5.11 Å². The van der Waals surface area contributed by atoms with Crippen LogP contribution in [0.4, 0.5) is 0 Å². The van der Waals surface area contributed by atoms with Crippen molar-refractivity contribution in [2.75, 3.05) is 0 Å².